The number of fused-ring (bicyclic) bond motifs is 6. The highest BCUT2D eigenvalue weighted by molar-refractivity contribution is 6.23. The van der Waals surface area contributed by atoms with Crippen molar-refractivity contribution in [1.82, 2.24) is 15.0 Å². The van der Waals surface area contributed by atoms with Crippen LogP contribution in [0.2, 0.25) is 0 Å². The standard InChI is InChI=1S/C47H29N3O/c1-3-15-31(16-4-1)40-29-41(50-47(49-40)32-17-5-2-6-18-32)33-20-11-21-34(28-33)45-44-38-23-9-10-27-42(38)51-46(44)43-37(25-13-26-39(43)48-45)36-24-12-19-30-14-7-8-22-35(30)36/h1-29H. The first-order valence-electron chi connectivity index (χ1n) is 17.1. The van der Waals surface area contributed by atoms with Crippen LogP contribution in [0, 0.1) is 0 Å². The van der Waals surface area contributed by atoms with Crippen molar-refractivity contribution in [1.29, 1.82) is 0 Å². The highest BCUT2D eigenvalue weighted by Crippen LogP contribution is 2.44. The summed E-state index contributed by atoms with van der Waals surface area (Å²) in [6.07, 6.45) is 0. The molecule has 0 saturated heterocycles. The molecule has 0 unspecified atom stereocenters. The van der Waals surface area contributed by atoms with E-state index in [1.54, 1.807) is 0 Å². The third kappa shape index (κ3) is 4.96. The molecule has 4 heteroatoms. The average molecular weight is 652 g/mol. The van der Waals surface area contributed by atoms with Crippen molar-refractivity contribution in [2.45, 2.75) is 0 Å². The molecule has 3 aromatic heterocycles. The highest BCUT2D eigenvalue weighted by atomic mass is 16.3. The maximum Gasteiger partial charge on any atom is 0.160 e. The SMILES string of the molecule is c1ccc(-c2cc(-c3cccc(-c4nc5cccc(-c6cccc7ccccc67)c5c5oc6ccccc6c45)c3)nc(-c3ccccc3)n2)cc1. The highest BCUT2D eigenvalue weighted by Gasteiger charge is 2.21. The van der Waals surface area contributed by atoms with Gasteiger partial charge in [-0.1, -0.05) is 152 Å². The van der Waals surface area contributed by atoms with E-state index < -0.39 is 0 Å². The van der Waals surface area contributed by atoms with Gasteiger partial charge in [0.1, 0.15) is 11.2 Å². The largest absolute Gasteiger partial charge is 0.455 e. The van der Waals surface area contributed by atoms with Gasteiger partial charge in [0, 0.05) is 27.6 Å². The predicted octanol–water partition coefficient (Wildman–Crippen LogP) is 12.4. The molecule has 7 aromatic carbocycles. The first kappa shape index (κ1) is 29.0. The summed E-state index contributed by atoms with van der Waals surface area (Å²) in [6.45, 7) is 0. The second kappa shape index (κ2) is 11.9. The van der Waals surface area contributed by atoms with Gasteiger partial charge in [0.15, 0.2) is 5.82 Å². The fourth-order valence-electron chi connectivity index (χ4n) is 7.29. The quantitative estimate of drug-likeness (QED) is 0.186. The van der Waals surface area contributed by atoms with E-state index in [1.807, 2.05) is 48.5 Å². The molecule has 51 heavy (non-hydrogen) atoms. The summed E-state index contributed by atoms with van der Waals surface area (Å²) >= 11 is 0. The molecule has 0 N–H and O–H groups in total. The monoisotopic (exact) mass is 651 g/mol. The average Bonchev–Trinajstić information content (AvgIpc) is 3.60. The molecule has 3 heterocycles. The van der Waals surface area contributed by atoms with Crippen LogP contribution in [-0.2, 0) is 0 Å². The van der Waals surface area contributed by atoms with E-state index in [-0.39, 0.29) is 0 Å². The maximum absolute atomic E-state index is 6.79. The van der Waals surface area contributed by atoms with Crippen LogP contribution in [0.5, 0.6) is 0 Å². The van der Waals surface area contributed by atoms with Crippen LogP contribution in [0.4, 0.5) is 0 Å². The van der Waals surface area contributed by atoms with E-state index >= 15 is 0 Å². The molecule has 0 atom stereocenters. The second-order valence-corrected chi connectivity index (χ2v) is 12.8. The Morgan fingerprint density at radius 2 is 1.00 bits per heavy atom. The minimum absolute atomic E-state index is 0.686. The van der Waals surface area contributed by atoms with Gasteiger partial charge in [0.05, 0.1) is 33.4 Å². The molecular formula is C47H29N3O. The molecule has 0 bridgehead atoms. The van der Waals surface area contributed by atoms with Gasteiger partial charge in [0.2, 0.25) is 0 Å². The number of hydrogen-bond donors (Lipinski definition) is 0. The Morgan fingerprint density at radius 1 is 0.392 bits per heavy atom. The predicted molar refractivity (Wildman–Crippen MR) is 209 cm³/mol. The minimum Gasteiger partial charge on any atom is -0.455 e. The van der Waals surface area contributed by atoms with Crippen molar-refractivity contribution in [2.75, 3.05) is 0 Å². The fourth-order valence-corrected chi connectivity index (χ4v) is 7.29. The van der Waals surface area contributed by atoms with Crippen LogP contribution in [0.3, 0.4) is 0 Å². The van der Waals surface area contributed by atoms with Gasteiger partial charge >= 0.3 is 0 Å². The Hall–Kier alpha value is -6.91. The Bertz CT molecular complexity index is 2850. The third-order valence-corrected chi connectivity index (χ3v) is 9.67. The molecule has 0 aliphatic rings. The van der Waals surface area contributed by atoms with Gasteiger partial charge in [-0.25, -0.2) is 15.0 Å². The van der Waals surface area contributed by atoms with E-state index in [0.29, 0.717) is 5.82 Å². The molecule has 0 saturated carbocycles. The van der Waals surface area contributed by atoms with Crippen LogP contribution in [0.15, 0.2) is 180 Å². The second-order valence-electron chi connectivity index (χ2n) is 12.8. The van der Waals surface area contributed by atoms with Crippen LogP contribution in [0.25, 0.3) is 99.9 Å². The number of furan rings is 1. The van der Waals surface area contributed by atoms with Crippen molar-refractivity contribution < 1.29 is 4.42 Å². The van der Waals surface area contributed by atoms with Crippen LogP contribution in [-0.4, -0.2) is 15.0 Å². The zero-order chi connectivity index (χ0) is 33.7. The van der Waals surface area contributed by atoms with Crippen molar-refractivity contribution in [3.63, 3.8) is 0 Å². The number of nitrogens with zero attached hydrogens (tertiary/aromatic N) is 3. The van der Waals surface area contributed by atoms with Gasteiger partial charge in [-0.05, 0) is 46.2 Å². The van der Waals surface area contributed by atoms with E-state index in [4.69, 9.17) is 19.4 Å². The van der Waals surface area contributed by atoms with Gasteiger partial charge < -0.3 is 4.42 Å². The number of aromatic nitrogens is 3. The molecule has 0 spiro atoms. The summed E-state index contributed by atoms with van der Waals surface area (Å²) in [6, 6.07) is 60.7. The van der Waals surface area contributed by atoms with Gasteiger partial charge in [-0.3, -0.25) is 0 Å². The first-order valence-corrected chi connectivity index (χ1v) is 17.1. The number of pyridine rings is 1. The van der Waals surface area contributed by atoms with Crippen molar-refractivity contribution in [3.8, 4) is 56.3 Å². The van der Waals surface area contributed by atoms with Crippen molar-refractivity contribution in [3.05, 3.63) is 176 Å². The lowest BCUT2D eigenvalue weighted by atomic mass is 9.93. The number of para-hydroxylation sites is 1. The molecule has 0 aliphatic heterocycles. The summed E-state index contributed by atoms with van der Waals surface area (Å²) < 4.78 is 6.79. The maximum atomic E-state index is 6.79. The minimum atomic E-state index is 0.686. The molecule has 0 aliphatic carbocycles. The van der Waals surface area contributed by atoms with Gasteiger partial charge in [0.25, 0.3) is 0 Å². The normalized spacial score (nSPS) is 11.5. The first-order chi connectivity index (χ1) is 25.3. The van der Waals surface area contributed by atoms with Crippen molar-refractivity contribution in [2.24, 2.45) is 0 Å². The van der Waals surface area contributed by atoms with Crippen molar-refractivity contribution >= 4 is 43.6 Å². The molecule has 0 radical (unpaired) electrons. The zero-order valence-corrected chi connectivity index (χ0v) is 27.5. The zero-order valence-electron chi connectivity index (χ0n) is 27.5. The Morgan fingerprint density at radius 3 is 1.84 bits per heavy atom. The number of rotatable bonds is 5. The molecule has 4 nitrogen and oxygen atoms in total. The molecular weight excluding hydrogens is 623 g/mol. The summed E-state index contributed by atoms with van der Waals surface area (Å²) in [4.78, 5) is 15.5. The Labute approximate surface area is 294 Å². The summed E-state index contributed by atoms with van der Waals surface area (Å²) in [7, 11) is 0. The number of benzene rings is 7. The van der Waals surface area contributed by atoms with Crippen LogP contribution < -0.4 is 0 Å². The van der Waals surface area contributed by atoms with Crippen LogP contribution >= 0.6 is 0 Å². The Kier molecular flexibility index (Phi) is 6.78. The molecule has 0 fully saturated rings. The molecule has 10 rings (SSSR count). The smallest absolute Gasteiger partial charge is 0.160 e. The summed E-state index contributed by atoms with van der Waals surface area (Å²) in [5.74, 6) is 0.686. The van der Waals surface area contributed by atoms with E-state index in [1.165, 1.54) is 10.8 Å². The molecule has 0 amide bonds. The fraction of sp³-hybridized carbons (Fsp3) is 0. The lowest BCUT2D eigenvalue weighted by Gasteiger charge is -2.13. The Balaban J connectivity index is 1.21. The van der Waals surface area contributed by atoms with E-state index in [0.717, 1.165) is 83.3 Å². The van der Waals surface area contributed by atoms with E-state index in [9.17, 15) is 0 Å². The number of hydrogen-bond acceptors (Lipinski definition) is 4. The van der Waals surface area contributed by atoms with Gasteiger partial charge in [-0.15, -0.1) is 0 Å². The molecule has 10 aromatic rings. The topological polar surface area (TPSA) is 51.8 Å². The summed E-state index contributed by atoms with van der Waals surface area (Å²) in [5.41, 5.74) is 11.4. The lowest BCUT2D eigenvalue weighted by Crippen LogP contribution is -1.96. The lowest BCUT2D eigenvalue weighted by molar-refractivity contribution is 0.672. The third-order valence-electron chi connectivity index (χ3n) is 9.67. The molecule has 238 valence electrons. The van der Waals surface area contributed by atoms with Crippen LogP contribution in [0.1, 0.15) is 0 Å². The summed E-state index contributed by atoms with van der Waals surface area (Å²) in [5, 5.41) is 5.44. The van der Waals surface area contributed by atoms with E-state index in [2.05, 4.69) is 127 Å². The van der Waals surface area contributed by atoms with Gasteiger partial charge in [-0.2, -0.15) is 0 Å².